The van der Waals surface area contributed by atoms with Gasteiger partial charge in [-0.05, 0) is 67.3 Å². The van der Waals surface area contributed by atoms with E-state index < -0.39 is 5.82 Å². The van der Waals surface area contributed by atoms with Crippen molar-refractivity contribution in [1.82, 2.24) is 9.47 Å². The minimum atomic E-state index is -0.456. The molecule has 2 aromatic heterocycles. The number of halogens is 1. The number of carbonyl (C=O) groups is 1. The lowest BCUT2D eigenvalue weighted by atomic mass is 9.93. The van der Waals surface area contributed by atoms with Crippen LogP contribution in [0.25, 0.3) is 22.4 Å². The molecule has 0 unspecified atom stereocenters. The fourth-order valence-corrected chi connectivity index (χ4v) is 5.10. The smallest absolute Gasteiger partial charge is 0.270 e. The number of aromatic nitrogens is 1. The molecule has 0 fully saturated rings. The topological polar surface area (TPSA) is 43.7 Å². The van der Waals surface area contributed by atoms with E-state index in [9.17, 15) is 4.79 Å². The molecule has 4 rings (SSSR count). The van der Waals surface area contributed by atoms with Crippen molar-refractivity contribution in [2.45, 2.75) is 39.8 Å². The Morgan fingerprint density at radius 3 is 2.65 bits per heavy atom. The summed E-state index contributed by atoms with van der Waals surface area (Å²) in [6.45, 7) is 7.20. The highest BCUT2D eigenvalue weighted by Gasteiger charge is 2.33. The number of methoxy groups -OCH3 is 2. The molecule has 0 bridgehead atoms. The number of thiophene rings is 1. The number of ether oxygens (including phenoxy) is 2. The van der Waals surface area contributed by atoms with E-state index in [-0.39, 0.29) is 17.7 Å². The molecule has 3 aromatic rings. The van der Waals surface area contributed by atoms with E-state index in [2.05, 4.69) is 0 Å². The highest BCUT2D eigenvalue weighted by Crippen LogP contribution is 2.46. The number of carbonyl (C=O) groups excluding carboxylic acids is 1. The van der Waals surface area contributed by atoms with Crippen LogP contribution in [0.15, 0.2) is 29.0 Å². The first-order chi connectivity index (χ1) is 14.9. The van der Waals surface area contributed by atoms with Gasteiger partial charge in [0.2, 0.25) is 0 Å². The SMILES string of the molecule is CCN(C(=O)c1cc(-c2ccsc2)c2n1CCc1cc(OC)c(OC)c(F)c1-2)C(C)C. The maximum Gasteiger partial charge on any atom is 0.270 e. The van der Waals surface area contributed by atoms with Gasteiger partial charge in [-0.2, -0.15) is 11.3 Å². The summed E-state index contributed by atoms with van der Waals surface area (Å²) in [6.07, 6.45) is 0.603. The van der Waals surface area contributed by atoms with Crippen LogP contribution in [0, 0.1) is 5.82 Å². The second-order valence-electron chi connectivity index (χ2n) is 7.85. The molecule has 31 heavy (non-hydrogen) atoms. The standard InChI is InChI=1S/C24H27FN2O3S/c1-6-26(14(2)3)24(28)18-12-17(16-8-10-31-13-16)22-20-15(7-9-27(18)22)11-19(29-4)23(30-5)21(20)25/h8,10-14H,6-7,9H2,1-5H3. The van der Waals surface area contributed by atoms with Gasteiger partial charge < -0.3 is 18.9 Å². The number of nitrogens with zero attached hydrogens (tertiary/aromatic N) is 2. The third-order valence-electron chi connectivity index (χ3n) is 5.91. The van der Waals surface area contributed by atoms with Crippen LogP contribution in [-0.2, 0) is 13.0 Å². The van der Waals surface area contributed by atoms with Gasteiger partial charge in [0.25, 0.3) is 5.91 Å². The Balaban J connectivity index is 2.00. The van der Waals surface area contributed by atoms with Crippen LogP contribution < -0.4 is 9.47 Å². The van der Waals surface area contributed by atoms with Crippen molar-refractivity contribution in [2.75, 3.05) is 20.8 Å². The molecule has 3 heterocycles. The van der Waals surface area contributed by atoms with E-state index in [1.165, 1.54) is 14.2 Å². The summed E-state index contributed by atoms with van der Waals surface area (Å²) in [5, 5.41) is 4.01. The lowest BCUT2D eigenvalue weighted by molar-refractivity contribution is 0.0705. The number of fused-ring (bicyclic) bond motifs is 3. The number of hydrogen-bond donors (Lipinski definition) is 0. The maximum absolute atomic E-state index is 15.8. The first-order valence-electron chi connectivity index (χ1n) is 10.4. The van der Waals surface area contributed by atoms with Crippen molar-refractivity contribution in [3.63, 3.8) is 0 Å². The van der Waals surface area contributed by atoms with Crippen molar-refractivity contribution >= 4 is 17.2 Å². The van der Waals surface area contributed by atoms with Gasteiger partial charge in [0, 0.05) is 30.3 Å². The molecule has 1 aromatic carbocycles. The highest BCUT2D eigenvalue weighted by molar-refractivity contribution is 7.08. The second kappa shape index (κ2) is 8.38. The lowest BCUT2D eigenvalue weighted by Crippen LogP contribution is -2.38. The molecule has 1 aliphatic heterocycles. The summed E-state index contributed by atoms with van der Waals surface area (Å²) >= 11 is 1.57. The zero-order valence-corrected chi connectivity index (χ0v) is 19.3. The summed E-state index contributed by atoms with van der Waals surface area (Å²) in [7, 11) is 2.94. The molecule has 164 valence electrons. The first-order valence-corrected chi connectivity index (χ1v) is 11.4. The molecular weight excluding hydrogens is 415 g/mol. The summed E-state index contributed by atoms with van der Waals surface area (Å²) in [5.41, 5.74) is 4.48. The van der Waals surface area contributed by atoms with Crippen LogP contribution in [0.1, 0.15) is 36.8 Å². The molecule has 1 aliphatic rings. The minimum Gasteiger partial charge on any atom is -0.493 e. The van der Waals surface area contributed by atoms with Crippen molar-refractivity contribution in [3.05, 3.63) is 46.0 Å². The van der Waals surface area contributed by atoms with Crippen LogP contribution in [0.3, 0.4) is 0 Å². The van der Waals surface area contributed by atoms with Gasteiger partial charge in [0.05, 0.1) is 19.9 Å². The van der Waals surface area contributed by atoms with Gasteiger partial charge in [-0.15, -0.1) is 0 Å². The Labute approximate surface area is 186 Å². The molecular formula is C24H27FN2O3S. The zero-order chi connectivity index (χ0) is 22.3. The predicted molar refractivity (Wildman–Crippen MR) is 122 cm³/mol. The molecule has 0 atom stereocenters. The van der Waals surface area contributed by atoms with E-state index in [4.69, 9.17) is 9.47 Å². The first kappa shape index (κ1) is 21.4. The van der Waals surface area contributed by atoms with Crippen LogP contribution >= 0.6 is 11.3 Å². The van der Waals surface area contributed by atoms with Gasteiger partial charge >= 0.3 is 0 Å². The molecule has 5 nitrogen and oxygen atoms in total. The van der Waals surface area contributed by atoms with Crippen LogP contribution in [0.2, 0.25) is 0 Å². The largest absolute Gasteiger partial charge is 0.493 e. The Kier molecular flexibility index (Phi) is 5.79. The van der Waals surface area contributed by atoms with E-state index in [1.54, 1.807) is 11.3 Å². The highest BCUT2D eigenvalue weighted by atomic mass is 32.1. The molecule has 7 heteroatoms. The molecule has 0 spiro atoms. The fourth-order valence-electron chi connectivity index (χ4n) is 4.44. The Hall–Kier alpha value is -2.80. The molecule has 1 amide bonds. The van der Waals surface area contributed by atoms with E-state index in [0.29, 0.717) is 36.5 Å². The summed E-state index contributed by atoms with van der Waals surface area (Å²) in [6, 6.07) is 5.84. The van der Waals surface area contributed by atoms with E-state index >= 15 is 4.39 Å². The van der Waals surface area contributed by atoms with E-state index in [1.807, 2.05) is 59.2 Å². The van der Waals surface area contributed by atoms with Gasteiger partial charge in [0.1, 0.15) is 5.69 Å². The second-order valence-corrected chi connectivity index (χ2v) is 8.63. The molecule has 0 saturated carbocycles. The lowest BCUT2D eigenvalue weighted by Gasteiger charge is -2.28. The molecule has 0 N–H and O–H groups in total. The number of hydrogen-bond acceptors (Lipinski definition) is 4. The quantitative estimate of drug-likeness (QED) is 0.509. The monoisotopic (exact) mass is 442 g/mol. The number of amides is 1. The number of benzene rings is 1. The van der Waals surface area contributed by atoms with Crippen LogP contribution in [0.4, 0.5) is 4.39 Å². The van der Waals surface area contributed by atoms with Crippen molar-refractivity contribution in [3.8, 4) is 33.9 Å². The molecule has 0 saturated heterocycles. The maximum atomic E-state index is 15.8. The summed E-state index contributed by atoms with van der Waals surface area (Å²) in [4.78, 5) is 15.3. The average molecular weight is 443 g/mol. The summed E-state index contributed by atoms with van der Waals surface area (Å²) in [5.74, 6) is -0.0336. The fraction of sp³-hybridized carbons (Fsp3) is 0.375. The van der Waals surface area contributed by atoms with Crippen LogP contribution in [0.5, 0.6) is 11.5 Å². The number of rotatable bonds is 6. The van der Waals surface area contributed by atoms with Crippen LogP contribution in [-0.4, -0.2) is 42.2 Å². The third kappa shape index (κ3) is 3.41. The molecule has 0 radical (unpaired) electrons. The Morgan fingerprint density at radius 2 is 2.06 bits per heavy atom. The van der Waals surface area contributed by atoms with Crippen molar-refractivity contribution in [2.24, 2.45) is 0 Å². The van der Waals surface area contributed by atoms with E-state index in [0.717, 1.165) is 22.4 Å². The minimum absolute atomic E-state index is 0.0374. The zero-order valence-electron chi connectivity index (χ0n) is 18.5. The summed E-state index contributed by atoms with van der Waals surface area (Å²) < 4.78 is 28.4. The Bertz CT molecular complexity index is 1120. The normalized spacial score (nSPS) is 12.5. The van der Waals surface area contributed by atoms with Gasteiger partial charge in [-0.1, -0.05) is 0 Å². The third-order valence-corrected chi connectivity index (χ3v) is 6.59. The van der Waals surface area contributed by atoms with Gasteiger partial charge in [-0.25, -0.2) is 4.39 Å². The van der Waals surface area contributed by atoms with Gasteiger partial charge in [-0.3, -0.25) is 4.79 Å². The average Bonchev–Trinajstić information content (AvgIpc) is 3.41. The van der Waals surface area contributed by atoms with Crippen molar-refractivity contribution < 1.29 is 18.7 Å². The number of aryl methyl sites for hydroxylation is 1. The predicted octanol–water partition coefficient (Wildman–Crippen LogP) is 5.47. The van der Waals surface area contributed by atoms with Crippen molar-refractivity contribution in [1.29, 1.82) is 0 Å². The Morgan fingerprint density at radius 1 is 1.29 bits per heavy atom. The van der Waals surface area contributed by atoms with Gasteiger partial charge in [0.15, 0.2) is 17.3 Å². The molecule has 0 aliphatic carbocycles.